The second-order valence-electron chi connectivity index (χ2n) is 16.6. The molecule has 1 spiro atoms. The summed E-state index contributed by atoms with van der Waals surface area (Å²) >= 11 is 0. The van der Waals surface area contributed by atoms with E-state index in [4.69, 9.17) is 14.7 Å². The van der Waals surface area contributed by atoms with Crippen LogP contribution in [0, 0.1) is 5.92 Å². The molecule has 12 rings (SSSR count). The van der Waals surface area contributed by atoms with Crippen LogP contribution < -0.4 is 4.74 Å². The van der Waals surface area contributed by atoms with E-state index in [0.29, 0.717) is 0 Å². The Labute approximate surface area is 345 Å². The van der Waals surface area contributed by atoms with Gasteiger partial charge in [-0.3, -0.25) is 0 Å². The molecule has 3 heteroatoms. The van der Waals surface area contributed by atoms with Gasteiger partial charge in [-0.05, 0) is 92.8 Å². The van der Waals surface area contributed by atoms with E-state index in [1.165, 1.54) is 55.6 Å². The van der Waals surface area contributed by atoms with Crippen LogP contribution in [0.4, 0.5) is 0 Å². The van der Waals surface area contributed by atoms with Crippen molar-refractivity contribution in [2.45, 2.75) is 42.6 Å². The molecule has 0 amide bonds. The molecule has 5 aliphatic rings. The summed E-state index contributed by atoms with van der Waals surface area (Å²) in [6.45, 7) is 0. The van der Waals surface area contributed by atoms with Gasteiger partial charge in [0.2, 0.25) is 0 Å². The number of nitrogens with zero attached hydrogens (tertiary/aromatic N) is 2. The summed E-state index contributed by atoms with van der Waals surface area (Å²) in [6, 6.07) is 53.5. The lowest BCUT2D eigenvalue weighted by atomic mass is 9.65. The highest BCUT2D eigenvalue weighted by Crippen LogP contribution is 2.67. The Kier molecular flexibility index (Phi) is 7.91. The van der Waals surface area contributed by atoms with Crippen molar-refractivity contribution in [1.29, 1.82) is 0 Å². The number of hydrogen-bond donors (Lipinski definition) is 0. The maximum Gasteiger partial charge on any atom is 0.137 e. The van der Waals surface area contributed by atoms with Crippen molar-refractivity contribution in [2.24, 2.45) is 5.92 Å². The van der Waals surface area contributed by atoms with Gasteiger partial charge in [-0.15, -0.1) is 0 Å². The minimum Gasteiger partial charge on any atom is -0.486 e. The molecule has 6 aromatic carbocycles. The third-order valence-corrected chi connectivity index (χ3v) is 13.5. The first-order valence-electron chi connectivity index (χ1n) is 21.1. The summed E-state index contributed by atoms with van der Waals surface area (Å²) < 4.78 is 6.44. The number of aromatic nitrogens is 2. The second-order valence-corrected chi connectivity index (χ2v) is 16.6. The van der Waals surface area contributed by atoms with E-state index in [9.17, 15) is 0 Å². The molecule has 0 bridgehead atoms. The van der Waals surface area contributed by atoms with Gasteiger partial charge in [0, 0.05) is 35.3 Å². The van der Waals surface area contributed by atoms with E-state index in [1.807, 2.05) is 6.07 Å². The monoisotopic (exact) mass is 758 g/mol. The van der Waals surface area contributed by atoms with Gasteiger partial charge in [-0.25, -0.2) is 9.97 Å². The van der Waals surface area contributed by atoms with E-state index in [0.717, 1.165) is 53.4 Å². The number of ether oxygens (including phenoxy) is 1. The van der Waals surface area contributed by atoms with Gasteiger partial charge in [0.15, 0.2) is 0 Å². The van der Waals surface area contributed by atoms with Crippen LogP contribution in [0.1, 0.15) is 63.9 Å². The number of allylic oxidation sites excluding steroid dienone is 6. The first-order valence-corrected chi connectivity index (χ1v) is 21.1. The van der Waals surface area contributed by atoms with Gasteiger partial charge in [0.25, 0.3) is 0 Å². The van der Waals surface area contributed by atoms with Gasteiger partial charge >= 0.3 is 0 Å². The highest BCUT2D eigenvalue weighted by atomic mass is 16.5. The molecule has 0 fully saturated rings. The summed E-state index contributed by atoms with van der Waals surface area (Å²) in [5, 5.41) is 0. The standard InChI is InChI=1S/C56H42N2O/c1-3-16-36(17-4-1)51-35-52(38-18-15-21-40(34-38)59-39-19-5-2-6-20-39)58-55(57-51)45-32-30-37-31-33-50-54(53(37)44-25-8-7-22-41(44)45)46-26-11-14-29-49(46)56(50)47-27-12-9-23-42(47)43-24-10-13-28-48(43)56/h1-19,21-29,31,33-35,39,45-46,49H,20,30,32H2. The van der Waals surface area contributed by atoms with E-state index in [1.54, 1.807) is 0 Å². The molecule has 1 heterocycles. The van der Waals surface area contributed by atoms with Crippen molar-refractivity contribution in [3.8, 4) is 50.5 Å². The lowest BCUT2D eigenvalue weighted by Crippen LogP contribution is -2.32. The van der Waals surface area contributed by atoms with Gasteiger partial charge in [0.1, 0.15) is 17.7 Å². The normalized spacial score (nSPS) is 20.9. The topological polar surface area (TPSA) is 35.0 Å². The molecular weight excluding hydrogens is 717 g/mol. The lowest BCUT2D eigenvalue weighted by Gasteiger charge is -2.36. The number of benzene rings is 6. The van der Waals surface area contributed by atoms with Crippen LogP contribution >= 0.6 is 0 Å². The van der Waals surface area contributed by atoms with Crippen LogP contribution in [0.25, 0.3) is 44.8 Å². The minimum atomic E-state index is -0.269. The van der Waals surface area contributed by atoms with Crippen LogP contribution in [0.2, 0.25) is 0 Å². The third kappa shape index (κ3) is 5.27. The smallest absolute Gasteiger partial charge is 0.137 e. The fourth-order valence-electron chi connectivity index (χ4n) is 11.1. The van der Waals surface area contributed by atoms with Crippen LogP contribution in [0.15, 0.2) is 194 Å². The quantitative estimate of drug-likeness (QED) is 0.175. The molecule has 5 aliphatic carbocycles. The first-order chi connectivity index (χ1) is 29.3. The molecule has 0 saturated heterocycles. The largest absolute Gasteiger partial charge is 0.486 e. The van der Waals surface area contributed by atoms with Gasteiger partial charge in [-0.1, -0.05) is 170 Å². The molecule has 282 valence electrons. The van der Waals surface area contributed by atoms with Gasteiger partial charge in [0.05, 0.1) is 16.8 Å². The molecule has 0 saturated carbocycles. The molecule has 7 aromatic rings. The van der Waals surface area contributed by atoms with Crippen molar-refractivity contribution in [1.82, 2.24) is 9.97 Å². The number of hydrogen-bond acceptors (Lipinski definition) is 3. The zero-order valence-electron chi connectivity index (χ0n) is 32.7. The van der Waals surface area contributed by atoms with Crippen LogP contribution in [-0.4, -0.2) is 16.1 Å². The van der Waals surface area contributed by atoms with E-state index in [-0.39, 0.29) is 29.3 Å². The predicted molar refractivity (Wildman–Crippen MR) is 239 cm³/mol. The lowest BCUT2D eigenvalue weighted by molar-refractivity contribution is 0.252. The molecule has 4 unspecified atom stereocenters. The Balaban J connectivity index is 1.03. The highest BCUT2D eigenvalue weighted by molar-refractivity contribution is 5.89. The predicted octanol–water partition coefficient (Wildman–Crippen LogP) is 13.0. The van der Waals surface area contributed by atoms with Crippen LogP contribution in [0.5, 0.6) is 5.75 Å². The first kappa shape index (κ1) is 34.2. The zero-order valence-corrected chi connectivity index (χ0v) is 32.7. The minimum absolute atomic E-state index is 0.00357. The van der Waals surface area contributed by atoms with E-state index >= 15 is 0 Å². The number of aryl methyl sites for hydroxylation is 1. The van der Waals surface area contributed by atoms with Crippen molar-refractivity contribution < 1.29 is 4.74 Å². The molecule has 59 heavy (non-hydrogen) atoms. The van der Waals surface area contributed by atoms with Crippen molar-refractivity contribution in [2.75, 3.05) is 0 Å². The Morgan fingerprint density at radius 3 is 2.05 bits per heavy atom. The van der Waals surface area contributed by atoms with Crippen LogP contribution in [-0.2, 0) is 11.8 Å². The summed E-state index contributed by atoms with van der Waals surface area (Å²) in [6.07, 6.45) is 20.6. The van der Waals surface area contributed by atoms with Gasteiger partial charge in [-0.2, -0.15) is 0 Å². The fourth-order valence-corrected chi connectivity index (χ4v) is 11.1. The fraction of sp³-hybridized carbons (Fsp3) is 0.143. The Morgan fingerprint density at radius 2 is 1.25 bits per heavy atom. The average Bonchev–Trinajstić information content (AvgIpc) is 3.70. The highest BCUT2D eigenvalue weighted by Gasteiger charge is 2.58. The number of fused-ring (bicyclic) bond motifs is 14. The van der Waals surface area contributed by atoms with Crippen molar-refractivity contribution in [3.63, 3.8) is 0 Å². The molecule has 0 N–H and O–H groups in total. The summed E-state index contributed by atoms with van der Waals surface area (Å²) in [4.78, 5) is 10.9. The summed E-state index contributed by atoms with van der Waals surface area (Å²) in [5.41, 5.74) is 17.6. The Hall–Kier alpha value is -6.84. The van der Waals surface area contributed by atoms with Crippen molar-refractivity contribution in [3.05, 3.63) is 233 Å². The summed E-state index contributed by atoms with van der Waals surface area (Å²) in [5.74, 6) is 2.21. The van der Waals surface area contributed by atoms with Gasteiger partial charge < -0.3 is 4.74 Å². The SMILES string of the molecule is C1=CCC(Oc2cccc(-c3cc(-c4ccccc4)nc(C4CCc5ccc6c(c5-c5ccccc54)C4C=CC=CC4C64c5ccccc5-c5ccccc54)n3)c2)C=C1. The van der Waals surface area contributed by atoms with E-state index in [2.05, 4.69) is 188 Å². The van der Waals surface area contributed by atoms with E-state index < -0.39 is 0 Å². The molecule has 1 aromatic heterocycles. The average molecular weight is 759 g/mol. The maximum absolute atomic E-state index is 6.44. The third-order valence-electron chi connectivity index (χ3n) is 13.5. The molecule has 0 aliphatic heterocycles. The molecule has 0 radical (unpaired) electrons. The number of rotatable bonds is 5. The second kappa shape index (κ2) is 13.6. The maximum atomic E-state index is 6.44. The van der Waals surface area contributed by atoms with Crippen molar-refractivity contribution >= 4 is 0 Å². The van der Waals surface area contributed by atoms with Crippen LogP contribution in [0.3, 0.4) is 0 Å². The summed E-state index contributed by atoms with van der Waals surface area (Å²) in [7, 11) is 0. The Morgan fingerprint density at radius 1 is 0.559 bits per heavy atom. The zero-order chi connectivity index (χ0) is 38.9. The molecular formula is C56H42N2O. The Bertz CT molecular complexity index is 2890. The molecule has 3 nitrogen and oxygen atoms in total. The molecule has 4 atom stereocenters.